The minimum Gasteiger partial charge on any atom is -0.490 e. The highest BCUT2D eigenvalue weighted by atomic mass is 32.2. The first-order valence-corrected chi connectivity index (χ1v) is 16.8. The van der Waals surface area contributed by atoms with Crippen LogP contribution in [-0.4, -0.2) is 18.1 Å². The molecule has 1 nitrogen and oxygen atoms in total. The predicted octanol–water partition coefficient (Wildman–Crippen LogP) is 11.7. The molecule has 40 heavy (non-hydrogen) atoms. The Morgan fingerprint density at radius 3 is 2.12 bits per heavy atom. The topological polar surface area (TPSA) is 9.23 Å². The zero-order valence-electron chi connectivity index (χ0n) is 26.3. The van der Waals surface area contributed by atoms with Crippen LogP contribution >= 0.6 is 11.8 Å². The molecule has 1 unspecified atom stereocenters. The van der Waals surface area contributed by atoms with E-state index >= 15 is 0 Å². The van der Waals surface area contributed by atoms with Crippen LogP contribution in [0.5, 0.6) is 5.75 Å². The minimum absolute atomic E-state index is 0.00985. The summed E-state index contributed by atoms with van der Waals surface area (Å²) in [6.45, 7) is 16.8. The molecule has 224 valence electrons. The molecule has 0 aromatic heterocycles. The zero-order chi connectivity index (χ0) is 29.3. The standard InChI is InChI=1S/C36H54F2OS/c1-26-11-13-27(14-12-26)28-15-17-29(18-16-28)31-19-20-32(34(38)33(31)37)39-22-9-8-10-23-40-24-21-30(36(5,6)7)25-35(2,3)4/h15-20,26-27,30H,8-14,21-25H2,1-7H3. The van der Waals surface area contributed by atoms with Gasteiger partial charge in [0.15, 0.2) is 11.6 Å². The predicted molar refractivity (Wildman–Crippen MR) is 170 cm³/mol. The van der Waals surface area contributed by atoms with E-state index in [1.54, 1.807) is 12.1 Å². The number of rotatable bonds is 13. The highest BCUT2D eigenvalue weighted by Gasteiger charge is 2.28. The van der Waals surface area contributed by atoms with E-state index in [4.69, 9.17) is 4.74 Å². The Hall–Kier alpha value is -1.55. The molecular formula is C36H54F2OS. The van der Waals surface area contributed by atoms with Crippen LogP contribution in [0.3, 0.4) is 0 Å². The van der Waals surface area contributed by atoms with E-state index in [-0.39, 0.29) is 5.75 Å². The number of hydrogen-bond donors (Lipinski definition) is 0. The number of halogens is 2. The van der Waals surface area contributed by atoms with Crippen molar-refractivity contribution in [2.45, 2.75) is 112 Å². The van der Waals surface area contributed by atoms with Gasteiger partial charge in [-0.25, -0.2) is 4.39 Å². The summed E-state index contributed by atoms with van der Waals surface area (Å²) in [5.74, 6) is 2.77. The molecule has 3 rings (SSSR count). The number of unbranched alkanes of at least 4 members (excludes halogenated alkanes) is 2. The molecule has 0 saturated heterocycles. The Morgan fingerprint density at radius 1 is 0.825 bits per heavy atom. The minimum atomic E-state index is -0.887. The van der Waals surface area contributed by atoms with Crippen molar-refractivity contribution in [2.24, 2.45) is 22.7 Å². The quantitative estimate of drug-likeness (QED) is 0.221. The van der Waals surface area contributed by atoms with E-state index in [0.717, 1.165) is 36.9 Å². The van der Waals surface area contributed by atoms with Crippen molar-refractivity contribution in [3.63, 3.8) is 0 Å². The molecule has 0 aliphatic heterocycles. The maximum Gasteiger partial charge on any atom is 0.201 e. The number of ether oxygens (including phenoxy) is 1. The Kier molecular flexibility index (Phi) is 12.4. The third-order valence-electron chi connectivity index (χ3n) is 8.64. The first-order chi connectivity index (χ1) is 18.8. The lowest BCUT2D eigenvalue weighted by Crippen LogP contribution is -2.26. The van der Waals surface area contributed by atoms with Crippen molar-refractivity contribution in [3.8, 4) is 16.9 Å². The summed E-state index contributed by atoms with van der Waals surface area (Å²) in [4.78, 5) is 0. The van der Waals surface area contributed by atoms with Crippen LogP contribution in [0.15, 0.2) is 36.4 Å². The molecule has 0 radical (unpaired) electrons. The molecular weight excluding hydrogens is 518 g/mol. The van der Waals surface area contributed by atoms with Crippen molar-refractivity contribution in [1.82, 2.24) is 0 Å². The smallest absolute Gasteiger partial charge is 0.201 e. The van der Waals surface area contributed by atoms with Crippen LogP contribution in [0.2, 0.25) is 0 Å². The number of hydrogen-bond acceptors (Lipinski definition) is 2. The van der Waals surface area contributed by atoms with Crippen LogP contribution < -0.4 is 4.74 Å². The lowest BCUT2D eigenvalue weighted by molar-refractivity contribution is 0.161. The van der Waals surface area contributed by atoms with E-state index in [9.17, 15) is 8.78 Å². The Balaban J connectivity index is 1.38. The van der Waals surface area contributed by atoms with Crippen molar-refractivity contribution in [2.75, 3.05) is 18.1 Å². The second-order valence-electron chi connectivity index (χ2n) is 14.5. The van der Waals surface area contributed by atoms with Gasteiger partial charge < -0.3 is 4.74 Å². The largest absolute Gasteiger partial charge is 0.490 e. The zero-order valence-corrected chi connectivity index (χ0v) is 27.1. The Morgan fingerprint density at radius 2 is 1.50 bits per heavy atom. The van der Waals surface area contributed by atoms with Gasteiger partial charge >= 0.3 is 0 Å². The molecule has 1 aliphatic carbocycles. The lowest BCUT2D eigenvalue weighted by Gasteiger charge is -2.35. The summed E-state index contributed by atoms with van der Waals surface area (Å²) >= 11 is 2.04. The van der Waals surface area contributed by atoms with Crippen LogP contribution in [0.4, 0.5) is 8.78 Å². The number of thioether (sulfide) groups is 1. The highest BCUT2D eigenvalue weighted by Crippen LogP contribution is 2.39. The van der Waals surface area contributed by atoms with Gasteiger partial charge in [0.05, 0.1) is 6.61 Å². The maximum absolute atomic E-state index is 15.0. The molecule has 0 N–H and O–H groups in total. The molecule has 2 aromatic rings. The van der Waals surface area contributed by atoms with Crippen LogP contribution in [0.1, 0.15) is 118 Å². The molecule has 1 aliphatic rings. The molecule has 1 fully saturated rings. The summed E-state index contributed by atoms with van der Waals surface area (Å²) in [6, 6.07) is 11.3. The molecule has 1 atom stereocenters. The summed E-state index contributed by atoms with van der Waals surface area (Å²) in [5.41, 5.74) is 3.02. The summed E-state index contributed by atoms with van der Waals surface area (Å²) < 4.78 is 35.4. The van der Waals surface area contributed by atoms with Gasteiger partial charge in [0.25, 0.3) is 0 Å². The molecule has 2 aromatic carbocycles. The van der Waals surface area contributed by atoms with Crippen molar-refractivity contribution >= 4 is 11.8 Å². The van der Waals surface area contributed by atoms with Crippen LogP contribution in [0, 0.1) is 34.3 Å². The fraction of sp³-hybridized carbons (Fsp3) is 0.667. The monoisotopic (exact) mass is 572 g/mol. The van der Waals surface area contributed by atoms with E-state index < -0.39 is 11.6 Å². The third kappa shape index (κ3) is 10.4. The summed E-state index contributed by atoms with van der Waals surface area (Å²) in [5, 5.41) is 0. The molecule has 0 bridgehead atoms. The van der Waals surface area contributed by atoms with Crippen molar-refractivity contribution in [1.29, 1.82) is 0 Å². The molecule has 4 heteroatoms. The third-order valence-corrected chi connectivity index (χ3v) is 9.74. The highest BCUT2D eigenvalue weighted by molar-refractivity contribution is 7.99. The lowest BCUT2D eigenvalue weighted by atomic mass is 9.71. The van der Waals surface area contributed by atoms with Crippen molar-refractivity contribution in [3.05, 3.63) is 53.6 Å². The van der Waals surface area contributed by atoms with Crippen LogP contribution in [0.25, 0.3) is 11.1 Å². The molecule has 0 amide bonds. The van der Waals surface area contributed by atoms with E-state index in [2.05, 4.69) is 60.6 Å². The van der Waals surface area contributed by atoms with Gasteiger partial charge in [0.1, 0.15) is 0 Å². The van der Waals surface area contributed by atoms with Gasteiger partial charge in [-0.3, -0.25) is 0 Å². The average Bonchev–Trinajstić information content (AvgIpc) is 2.89. The van der Waals surface area contributed by atoms with Gasteiger partial charge in [0, 0.05) is 5.56 Å². The van der Waals surface area contributed by atoms with Gasteiger partial charge in [-0.2, -0.15) is 16.2 Å². The average molecular weight is 573 g/mol. The molecule has 0 heterocycles. The van der Waals surface area contributed by atoms with Gasteiger partial charge in [-0.15, -0.1) is 0 Å². The fourth-order valence-corrected chi connectivity index (χ4v) is 7.03. The maximum atomic E-state index is 15.0. The SMILES string of the molecule is CC1CCC(c2ccc(-c3ccc(OCCCCCSCCC(CC(C)(C)C)C(C)(C)C)c(F)c3F)cc2)CC1. The van der Waals surface area contributed by atoms with Gasteiger partial charge in [-0.05, 0) is 108 Å². The van der Waals surface area contributed by atoms with Crippen molar-refractivity contribution < 1.29 is 13.5 Å². The fourth-order valence-electron chi connectivity index (χ4n) is 5.97. The number of benzene rings is 2. The second-order valence-corrected chi connectivity index (χ2v) is 15.7. The normalized spacial score (nSPS) is 19.0. The Labute approximate surface area is 248 Å². The van der Waals surface area contributed by atoms with E-state index in [0.29, 0.717) is 34.5 Å². The summed E-state index contributed by atoms with van der Waals surface area (Å²) in [6.07, 6.45) is 10.5. The van der Waals surface area contributed by atoms with E-state index in [1.807, 2.05) is 23.9 Å². The molecule has 1 saturated carbocycles. The van der Waals surface area contributed by atoms with Crippen LogP contribution in [-0.2, 0) is 0 Å². The first kappa shape index (κ1) is 33.0. The Bertz CT molecular complexity index is 1030. The van der Waals surface area contributed by atoms with Gasteiger partial charge in [0.2, 0.25) is 5.82 Å². The molecule has 0 spiro atoms. The summed E-state index contributed by atoms with van der Waals surface area (Å²) in [7, 11) is 0. The van der Waals surface area contributed by atoms with E-state index in [1.165, 1.54) is 49.8 Å². The first-order valence-electron chi connectivity index (χ1n) is 15.6. The van der Waals surface area contributed by atoms with Gasteiger partial charge in [-0.1, -0.05) is 85.6 Å². The second kappa shape index (κ2) is 15.1.